The summed E-state index contributed by atoms with van der Waals surface area (Å²) in [7, 11) is 0. The van der Waals surface area contributed by atoms with Crippen molar-refractivity contribution >= 4 is 0 Å². The van der Waals surface area contributed by atoms with Crippen molar-refractivity contribution in [2.24, 2.45) is 0 Å². The predicted octanol–water partition coefficient (Wildman–Crippen LogP) is 12.0. The van der Waals surface area contributed by atoms with E-state index in [4.69, 9.17) is 9.97 Å². The predicted molar refractivity (Wildman–Crippen MR) is 199 cm³/mol. The molecule has 2 heteroatoms. The Morgan fingerprint density at radius 2 is 0.854 bits per heavy atom. The first-order chi connectivity index (χ1) is 23.8. The molecule has 0 unspecified atom stereocenters. The Morgan fingerprint density at radius 1 is 0.354 bits per heavy atom. The fourth-order valence-electron chi connectivity index (χ4n) is 8.19. The van der Waals surface area contributed by atoms with E-state index in [1.165, 1.54) is 71.0 Å². The van der Waals surface area contributed by atoms with Crippen molar-refractivity contribution < 1.29 is 0 Å². The van der Waals surface area contributed by atoms with Gasteiger partial charge in [0.1, 0.15) is 0 Å². The number of nitrogens with zero attached hydrogens (tertiary/aromatic N) is 2. The Morgan fingerprint density at radius 3 is 1.56 bits per heavy atom. The molecule has 6 aromatic carbocycles. The van der Waals surface area contributed by atoms with Crippen molar-refractivity contribution in [2.75, 3.05) is 0 Å². The van der Waals surface area contributed by atoms with Gasteiger partial charge in [0.2, 0.25) is 0 Å². The van der Waals surface area contributed by atoms with Crippen LogP contribution in [-0.2, 0) is 5.41 Å². The topological polar surface area (TPSA) is 25.8 Å². The molecule has 1 fully saturated rings. The Balaban J connectivity index is 1.17. The van der Waals surface area contributed by atoms with Crippen molar-refractivity contribution in [3.8, 4) is 67.3 Å². The van der Waals surface area contributed by atoms with Gasteiger partial charge in [0, 0.05) is 22.1 Å². The Bertz CT molecular complexity index is 2250. The van der Waals surface area contributed by atoms with E-state index in [1.54, 1.807) is 0 Å². The van der Waals surface area contributed by atoms with Crippen LogP contribution in [0.25, 0.3) is 67.3 Å². The normalized spacial score (nSPS) is 14.4. The maximum atomic E-state index is 5.25. The van der Waals surface area contributed by atoms with Gasteiger partial charge < -0.3 is 0 Å². The molecule has 0 atom stereocenters. The van der Waals surface area contributed by atoms with E-state index in [-0.39, 0.29) is 5.41 Å². The monoisotopic (exact) mass is 616 g/mol. The third-order valence-corrected chi connectivity index (χ3v) is 10.5. The summed E-state index contributed by atoms with van der Waals surface area (Å²) in [6.45, 7) is 0. The van der Waals surface area contributed by atoms with Gasteiger partial charge in [-0.1, -0.05) is 165 Å². The Labute approximate surface area is 282 Å². The molecule has 2 nitrogen and oxygen atoms in total. The van der Waals surface area contributed by atoms with E-state index in [0.717, 1.165) is 39.5 Å². The van der Waals surface area contributed by atoms with Crippen LogP contribution < -0.4 is 0 Å². The third kappa shape index (κ3) is 4.88. The molecule has 1 spiro atoms. The number of fused-ring (bicyclic) bond motifs is 5. The van der Waals surface area contributed by atoms with E-state index < -0.39 is 0 Å². The minimum absolute atomic E-state index is 0.153. The first-order valence-corrected chi connectivity index (χ1v) is 17.2. The van der Waals surface area contributed by atoms with Crippen molar-refractivity contribution in [3.63, 3.8) is 0 Å². The molecule has 230 valence electrons. The highest BCUT2D eigenvalue weighted by atomic mass is 14.9. The van der Waals surface area contributed by atoms with Crippen LogP contribution in [0.15, 0.2) is 158 Å². The van der Waals surface area contributed by atoms with Crippen molar-refractivity contribution in [3.05, 3.63) is 169 Å². The van der Waals surface area contributed by atoms with E-state index in [1.807, 2.05) is 6.07 Å². The SMILES string of the molecule is c1ccc(-c2ccc(-c3cc(-c4ccccc4)nc(-c4ccccc4-c4ccc5c(c4)-c4ccccc4C54CCCCC4)n3)cc2)cc1. The molecule has 7 aromatic rings. The number of hydrogen-bond acceptors (Lipinski definition) is 2. The quantitative estimate of drug-likeness (QED) is 0.192. The summed E-state index contributed by atoms with van der Waals surface area (Å²) in [5, 5.41) is 0. The molecular formula is C46H36N2. The summed E-state index contributed by atoms with van der Waals surface area (Å²) in [4.78, 5) is 10.5. The molecule has 2 aliphatic carbocycles. The molecule has 0 bridgehead atoms. The first kappa shape index (κ1) is 28.6. The minimum Gasteiger partial charge on any atom is -0.228 e. The van der Waals surface area contributed by atoms with Gasteiger partial charge in [-0.15, -0.1) is 0 Å². The minimum atomic E-state index is 0.153. The van der Waals surface area contributed by atoms with Gasteiger partial charge in [-0.25, -0.2) is 9.97 Å². The lowest BCUT2D eigenvalue weighted by Gasteiger charge is -2.36. The third-order valence-electron chi connectivity index (χ3n) is 10.5. The molecule has 0 amide bonds. The lowest BCUT2D eigenvalue weighted by atomic mass is 9.68. The van der Waals surface area contributed by atoms with Gasteiger partial charge >= 0.3 is 0 Å². The van der Waals surface area contributed by atoms with E-state index in [9.17, 15) is 0 Å². The summed E-state index contributed by atoms with van der Waals surface area (Å²) in [6, 6.07) is 56.7. The van der Waals surface area contributed by atoms with Crippen LogP contribution in [0.1, 0.15) is 43.2 Å². The maximum absolute atomic E-state index is 5.25. The molecule has 9 rings (SSSR count). The molecule has 1 saturated carbocycles. The molecule has 0 aliphatic heterocycles. The average molecular weight is 617 g/mol. The van der Waals surface area contributed by atoms with Crippen LogP contribution >= 0.6 is 0 Å². The molecular weight excluding hydrogens is 581 g/mol. The second-order valence-electron chi connectivity index (χ2n) is 13.3. The van der Waals surface area contributed by atoms with Crippen LogP contribution in [0.3, 0.4) is 0 Å². The summed E-state index contributed by atoms with van der Waals surface area (Å²) in [6.07, 6.45) is 6.41. The Hall–Kier alpha value is -5.60. The smallest absolute Gasteiger partial charge is 0.161 e. The fourth-order valence-corrected chi connectivity index (χ4v) is 8.19. The van der Waals surface area contributed by atoms with Gasteiger partial charge in [-0.3, -0.25) is 0 Å². The number of aromatic nitrogens is 2. The molecule has 2 aliphatic rings. The maximum Gasteiger partial charge on any atom is 0.161 e. The fraction of sp³-hybridized carbons (Fsp3) is 0.130. The van der Waals surface area contributed by atoms with Gasteiger partial charge in [0.25, 0.3) is 0 Å². The van der Waals surface area contributed by atoms with Crippen molar-refractivity contribution in [1.82, 2.24) is 9.97 Å². The number of rotatable bonds is 5. The van der Waals surface area contributed by atoms with Crippen molar-refractivity contribution in [1.29, 1.82) is 0 Å². The van der Waals surface area contributed by atoms with E-state index in [0.29, 0.717) is 0 Å². The second kappa shape index (κ2) is 11.9. The van der Waals surface area contributed by atoms with Gasteiger partial charge in [0.05, 0.1) is 11.4 Å². The molecule has 1 heterocycles. The molecule has 48 heavy (non-hydrogen) atoms. The summed E-state index contributed by atoms with van der Waals surface area (Å²) in [5.74, 6) is 0.735. The highest BCUT2D eigenvalue weighted by Crippen LogP contribution is 2.56. The summed E-state index contributed by atoms with van der Waals surface area (Å²) in [5.41, 5.74) is 15.7. The standard InChI is InChI=1S/C46H36N2/c1-4-14-32(15-5-1)33-22-24-35(25-23-33)44-31-43(34-16-6-2-7-17-34)47-45(48-44)39-20-9-8-18-37(39)36-26-27-42-40(30-36)38-19-10-11-21-41(38)46(42)28-12-3-13-29-46/h1-2,4-11,14-27,30-31H,3,12-13,28-29H2. The van der Waals surface area contributed by atoms with Crippen LogP contribution in [-0.4, -0.2) is 9.97 Å². The highest BCUT2D eigenvalue weighted by molar-refractivity contribution is 5.89. The molecule has 0 radical (unpaired) electrons. The lowest BCUT2D eigenvalue weighted by Crippen LogP contribution is -2.27. The average Bonchev–Trinajstić information content (AvgIpc) is 3.43. The van der Waals surface area contributed by atoms with Crippen LogP contribution in [0.5, 0.6) is 0 Å². The van der Waals surface area contributed by atoms with Gasteiger partial charge in [-0.05, 0) is 69.5 Å². The zero-order chi connectivity index (χ0) is 31.9. The molecule has 0 saturated heterocycles. The Kier molecular flexibility index (Phi) is 7.08. The number of hydrogen-bond donors (Lipinski definition) is 0. The van der Waals surface area contributed by atoms with Crippen LogP contribution in [0.2, 0.25) is 0 Å². The second-order valence-corrected chi connectivity index (χ2v) is 13.3. The zero-order valence-electron chi connectivity index (χ0n) is 26.9. The summed E-state index contributed by atoms with van der Waals surface area (Å²) < 4.78 is 0. The van der Waals surface area contributed by atoms with E-state index >= 15 is 0 Å². The van der Waals surface area contributed by atoms with Crippen molar-refractivity contribution in [2.45, 2.75) is 37.5 Å². The summed E-state index contributed by atoms with van der Waals surface area (Å²) >= 11 is 0. The van der Waals surface area contributed by atoms with Crippen LogP contribution in [0.4, 0.5) is 0 Å². The lowest BCUT2D eigenvalue weighted by molar-refractivity contribution is 0.353. The largest absolute Gasteiger partial charge is 0.228 e. The van der Waals surface area contributed by atoms with Crippen LogP contribution in [0, 0.1) is 0 Å². The highest BCUT2D eigenvalue weighted by Gasteiger charge is 2.43. The molecule has 1 aromatic heterocycles. The van der Waals surface area contributed by atoms with Gasteiger partial charge in [0.15, 0.2) is 5.82 Å². The molecule has 0 N–H and O–H groups in total. The van der Waals surface area contributed by atoms with Gasteiger partial charge in [-0.2, -0.15) is 0 Å². The first-order valence-electron chi connectivity index (χ1n) is 17.2. The zero-order valence-corrected chi connectivity index (χ0v) is 26.9. The van der Waals surface area contributed by atoms with E-state index in [2.05, 4.69) is 152 Å². The number of benzene rings is 6.